The van der Waals surface area contributed by atoms with Gasteiger partial charge in [-0.05, 0) is 66.4 Å². The fourth-order valence-corrected chi connectivity index (χ4v) is 3.72. The van der Waals surface area contributed by atoms with Crippen LogP contribution in [0.2, 0.25) is 0 Å². The van der Waals surface area contributed by atoms with Gasteiger partial charge >= 0.3 is 0 Å². The number of amides is 1. The summed E-state index contributed by atoms with van der Waals surface area (Å²) in [5, 5.41) is 2.89. The molecule has 34 heavy (non-hydrogen) atoms. The van der Waals surface area contributed by atoms with Crippen molar-refractivity contribution in [3.63, 3.8) is 0 Å². The third-order valence-electron chi connectivity index (χ3n) is 5.91. The first kappa shape index (κ1) is 23.2. The van der Waals surface area contributed by atoms with Crippen LogP contribution in [0.15, 0.2) is 59.0 Å². The summed E-state index contributed by atoms with van der Waals surface area (Å²) in [6.07, 6.45) is 1.07. The van der Waals surface area contributed by atoms with Crippen LogP contribution in [0.5, 0.6) is 17.2 Å². The molecule has 0 radical (unpaired) electrons. The average molecular weight is 461 g/mol. The molecule has 4 aromatic rings. The minimum absolute atomic E-state index is 0.300. The molecule has 7 heteroatoms. The molecule has 0 aliphatic heterocycles. The molecule has 0 saturated carbocycles. The normalized spacial score (nSPS) is 11.8. The van der Waals surface area contributed by atoms with E-state index in [0.29, 0.717) is 40.3 Å². The Labute approximate surface area is 198 Å². The number of anilines is 1. The molecule has 1 atom stereocenters. The maximum atomic E-state index is 12.8. The van der Waals surface area contributed by atoms with E-state index in [1.54, 1.807) is 12.1 Å². The van der Waals surface area contributed by atoms with Crippen molar-refractivity contribution in [3.05, 3.63) is 65.7 Å². The van der Waals surface area contributed by atoms with E-state index in [1.165, 1.54) is 26.9 Å². The third kappa shape index (κ3) is 4.55. The highest BCUT2D eigenvalue weighted by Crippen LogP contribution is 2.38. The van der Waals surface area contributed by atoms with Gasteiger partial charge in [0.05, 0.1) is 21.3 Å². The largest absolute Gasteiger partial charge is 0.493 e. The zero-order valence-electron chi connectivity index (χ0n) is 20.0. The summed E-state index contributed by atoms with van der Waals surface area (Å²) in [6, 6.07) is 16.7. The van der Waals surface area contributed by atoms with Crippen LogP contribution < -0.4 is 19.5 Å². The monoisotopic (exact) mass is 460 g/mol. The second-order valence-corrected chi connectivity index (χ2v) is 8.00. The van der Waals surface area contributed by atoms with E-state index in [2.05, 4.69) is 36.3 Å². The second kappa shape index (κ2) is 9.87. The van der Waals surface area contributed by atoms with E-state index < -0.39 is 0 Å². The molecule has 1 heterocycles. The number of oxazole rings is 1. The summed E-state index contributed by atoms with van der Waals surface area (Å²) in [5.74, 6) is 1.97. The van der Waals surface area contributed by atoms with E-state index in [-0.39, 0.29) is 5.91 Å². The fourth-order valence-electron chi connectivity index (χ4n) is 3.72. The average Bonchev–Trinajstić information content (AvgIpc) is 3.31. The lowest BCUT2D eigenvalue weighted by Gasteiger charge is -2.14. The van der Waals surface area contributed by atoms with Gasteiger partial charge in [0.2, 0.25) is 11.6 Å². The van der Waals surface area contributed by atoms with Crippen molar-refractivity contribution in [2.75, 3.05) is 26.6 Å². The van der Waals surface area contributed by atoms with E-state index in [0.717, 1.165) is 23.1 Å². The van der Waals surface area contributed by atoms with Gasteiger partial charge in [-0.25, -0.2) is 4.98 Å². The number of carbonyl (C=O) groups is 1. The summed E-state index contributed by atoms with van der Waals surface area (Å²) < 4.78 is 21.9. The van der Waals surface area contributed by atoms with Gasteiger partial charge in [0.15, 0.2) is 17.1 Å². The molecule has 176 valence electrons. The molecular weight excluding hydrogens is 432 g/mol. The molecule has 0 saturated heterocycles. The van der Waals surface area contributed by atoms with Gasteiger partial charge in [0, 0.05) is 16.8 Å². The molecular formula is C27H28N2O5. The number of hydrogen-bond donors (Lipinski definition) is 1. The number of carbonyl (C=O) groups excluding carboxylic acids is 1. The van der Waals surface area contributed by atoms with Gasteiger partial charge in [-0.2, -0.15) is 0 Å². The summed E-state index contributed by atoms with van der Waals surface area (Å²) >= 11 is 0. The molecule has 0 bridgehead atoms. The lowest BCUT2D eigenvalue weighted by Crippen LogP contribution is -2.12. The number of nitrogens with zero attached hydrogens (tertiary/aromatic N) is 1. The maximum absolute atomic E-state index is 12.8. The van der Waals surface area contributed by atoms with Gasteiger partial charge in [-0.15, -0.1) is 0 Å². The number of hydrogen-bond acceptors (Lipinski definition) is 6. The number of nitrogens with one attached hydrogen (secondary N) is 1. The minimum atomic E-state index is -0.300. The lowest BCUT2D eigenvalue weighted by atomic mass is 9.98. The molecule has 4 rings (SSSR count). The molecule has 1 aromatic heterocycles. The van der Waals surface area contributed by atoms with E-state index >= 15 is 0 Å². The van der Waals surface area contributed by atoms with Crippen molar-refractivity contribution in [1.29, 1.82) is 0 Å². The first-order chi connectivity index (χ1) is 16.5. The highest BCUT2D eigenvalue weighted by Gasteiger charge is 2.17. The predicted octanol–water partition coefficient (Wildman–Crippen LogP) is 6.29. The lowest BCUT2D eigenvalue weighted by molar-refractivity contribution is 0.102. The van der Waals surface area contributed by atoms with Crippen LogP contribution >= 0.6 is 0 Å². The quantitative estimate of drug-likeness (QED) is 0.333. The molecule has 0 aliphatic carbocycles. The highest BCUT2D eigenvalue weighted by molar-refractivity contribution is 6.05. The van der Waals surface area contributed by atoms with Crippen LogP contribution in [0.25, 0.3) is 22.6 Å². The Kier molecular flexibility index (Phi) is 6.72. The Morgan fingerprint density at radius 1 is 0.971 bits per heavy atom. The summed E-state index contributed by atoms with van der Waals surface area (Å²) in [6.45, 7) is 4.37. The Balaban J connectivity index is 1.54. The van der Waals surface area contributed by atoms with Crippen molar-refractivity contribution in [2.45, 2.75) is 26.2 Å². The van der Waals surface area contributed by atoms with Gasteiger partial charge < -0.3 is 23.9 Å². The first-order valence-electron chi connectivity index (χ1n) is 11.1. The van der Waals surface area contributed by atoms with Gasteiger partial charge in [-0.1, -0.05) is 19.9 Å². The molecule has 0 aliphatic rings. The number of fused-ring (bicyclic) bond motifs is 1. The van der Waals surface area contributed by atoms with Gasteiger partial charge in [-0.3, -0.25) is 4.79 Å². The van der Waals surface area contributed by atoms with Gasteiger partial charge in [0.25, 0.3) is 5.91 Å². The van der Waals surface area contributed by atoms with Crippen LogP contribution in [0.1, 0.15) is 42.1 Å². The van der Waals surface area contributed by atoms with Crippen molar-refractivity contribution >= 4 is 22.7 Å². The second-order valence-electron chi connectivity index (χ2n) is 8.00. The zero-order chi connectivity index (χ0) is 24.2. The SMILES string of the molecule is CCC(C)c1ccc2oc(-c3ccc(NC(=O)c4cc(OC)c(OC)c(OC)c4)cc3)nc2c1. The topological polar surface area (TPSA) is 82.8 Å². The van der Waals surface area contributed by atoms with Crippen molar-refractivity contribution in [3.8, 4) is 28.7 Å². The summed E-state index contributed by atoms with van der Waals surface area (Å²) in [7, 11) is 4.53. The molecule has 0 spiro atoms. The highest BCUT2D eigenvalue weighted by atomic mass is 16.5. The first-order valence-corrected chi connectivity index (χ1v) is 11.1. The van der Waals surface area contributed by atoms with Crippen molar-refractivity contribution < 1.29 is 23.4 Å². The minimum Gasteiger partial charge on any atom is -0.493 e. The van der Waals surface area contributed by atoms with E-state index in [1.807, 2.05) is 30.3 Å². The molecule has 1 unspecified atom stereocenters. The number of methoxy groups -OCH3 is 3. The molecule has 7 nitrogen and oxygen atoms in total. The number of benzene rings is 3. The molecule has 0 fully saturated rings. The fraction of sp³-hybridized carbons (Fsp3) is 0.259. The van der Waals surface area contributed by atoms with Crippen molar-refractivity contribution in [1.82, 2.24) is 4.98 Å². The van der Waals surface area contributed by atoms with Crippen LogP contribution in [0.4, 0.5) is 5.69 Å². The van der Waals surface area contributed by atoms with E-state index in [9.17, 15) is 4.79 Å². The van der Waals surface area contributed by atoms with E-state index in [4.69, 9.17) is 18.6 Å². The van der Waals surface area contributed by atoms with Crippen molar-refractivity contribution in [2.24, 2.45) is 0 Å². The Hall–Kier alpha value is -4.00. The Morgan fingerprint density at radius 3 is 2.24 bits per heavy atom. The molecule has 1 amide bonds. The number of rotatable bonds is 8. The summed E-state index contributed by atoms with van der Waals surface area (Å²) in [4.78, 5) is 17.5. The van der Waals surface area contributed by atoms with Crippen LogP contribution in [0.3, 0.4) is 0 Å². The molecule has 3 aromatic carbocycles. The Morgan fingerprint density at radius 2 is 1.65 bits per heavy atom. The standard InChI is InChI=1S/C27H28N2O5/c1-6-16(2)18-9-12-22-21(13-18)29-27(34-22)17-7-10-20(11-8-17)28-26(30)19-14-23(31-3)25(33-5)24(15-19)32-4/h7-16H,6H2,1-5H3,(H,28,30). The Bertz CT molecular complexity index is 1290. The predicted molar refractivity (Wildman–Crippen MR) is 132 cm³/mol. The van der Waals surface area contributed by atoms with Crippen LogP contribution in [-0.2, 0) is 0 Å². The van der Waals surface area contributed by atoms with Crippen LogP contribution in [-0.4, -0.2) is 32.2 Å². The molecule has 1 N–H and O–H groups in total. The summed E-state index contributed by atoms with van der Waals surface area (Å²) in [5.41, 5.74) is 4.69. The maximum Gasteiger partial charge on any atom is 0.255 e. The van der Waals surface area contributed by atoms with Crippen LogP contribution in [0, 0.1) is 0 Å². The number of ether oxygens (including phenoxy) is 3. The number of aromatic nitrogens is 1. The zero-order valence-corrected chi connectivity index (χ0v) is 20.0. The third-order valence-corrected chi connectivity index (χ3v) is 5.91. The smallest absolute Gasteiger partial charge is 0.255 e. The van der Waals surface area contributed by atoms with Gasteiger partial charge in [0.1, 0.15) is 5.52 Å².